The fourth-order valence-electron chi connectivity index (χ4n) is 3.01. The number of carbonyl (C=O) groups excluding carboxylic acids is 1. The number of hydrogen-bond donors (Lipinski definition) is 4. The van der Waals surface area contributed by atoms with Gasteiger partial charge in [0, 0.05) is 16.5 Å². The summed E-state index contributed by atoms with van der Waals surface area (Å²) in [5.74, 6) is 0.392. The van der Waals surface area contributed by atoms with E-state index in [2.05, 4.69) is 15.9 Å². The highest BCUT2D eigenvalue weighted by molar-refractivity contribution is 9.10. The van der Waals surface area contributed by atoms with Crippen LogP contribution in [0.2, 0.25) is 0 Å². The molecule has 3 rings (SSSR count). The van der Waals surface area contributed by atoms with Gasteiger partial charge in [0.2, 0.25) is 6.29 Å². The van der Waals surface area contributed by atoms with Gasteiger partial charge in [-0.25, -0.2) is 0 Å². The molecule has 1 heterocycles. The molecule has 2 aromatic carbocycles. The van der Waals surface area contributed by atoms with Gasteiger partial charge in [0.25, 0.3) is 0 Å². The Bertz CT molecular complexity index is 864. The molecule has 0 saturated carbocycles. The molecular weight excluding hydrogens is 456 g/mol. The molecule has 8 heteroatoms. The largest absolute Gasteiger partial charge is 0.462 e. The number of halogens is 1. The second kappa shape index (κ2) is 10.3. The summed E-state index contributed by atoms with van der Waals surface area (Å²) >= 11 is 3.34. The minimum Gasteiger partial charge on any atom is -0.462 e. The van der Waals surface area contributed by atoms with E-state index in [0.29, 0.717) is 11.3 Å². The van der Waals surface area contributed by atoms with E-state index in [1.165, 1.54) is 0 Å². The standard InChI is InChI=1S/C22H23BrO7/c23-15-8-6-14(7-9-15)17(25)3-1-2-13-4-10-16(11-5-13)29-22-21(28)20(27)19(26)18(12-24)30-22/h1-2,4-11,18-22,24,26-28H,3,12H2/b2-1+/t18-,19-,20-,21-,22-/m1/s1. The van der Waals surface area contributed by atoms with Crippen LogP contribution in [0.15, 0.2) is 59.1 Å². The van der Waals surface area contributed by atoms with E-state index in [9.17, 15) is 25.2 Å². The van der Waals surface area contributed by atoms with Crippen LogP contribution in [0.5, 0.6) is 5.75 Å². The number of aliphatic hydroxyl groups excluding tert-OH is 4. The van der Waals surface area contributed by atoms with Crippen molar-refractivity contribution in [2.24, 2.45) is 0 Å². The van der Waals surface area contributed by atoms with Gasteiger partial charge in [0.1, 0.15) is 30.2 Å². The SMILES string of the molecule is O=C(C/C=C/c1ccc(O[C@@H]2O[C@H](CO)[C@@H](O)[C@@H](O)[C@H]2O)cc1)c1ccc(Br)cc1. The monoisotopic (exact) mass is 478 g/mol. The Kier molecular flexibility index (Phi) is 7.76. The number of aliphatic hydroxyl groups is 4. The Labute approximate surface area is 182 Å². The van der Waals surface area contributed by atoms with Crippen molar-refractivity contribution in [1.29, 1.82) is 0 Å². The number of allylic oxidation sites excluding steroid dienone is 1. The molecule has 4 N–H and O–H groups in total. The van der Waals surface area contributed by atoms with Crippen LogP contribution in [0.4, 0.5) is 0 Å². The molecule has 0 unspecified atom stereocenters. The van der Waals surface area contributed by atoms with E-state index in [-0.39, 0.29) is 12.2 Å². The molecule has 1 fully saturated rings. The lowest BCUT2D eigenvalue weighted by Gasteiger charge is -2.39. The molecule has 7 nitrogen and oxygen atoms in total. The average Bonchev–Trinajstić information content (AvgIpc) is 2.75. The number of Topliss-reactive ketones (excluding diaryl/α,β-unsaturated/α-hetero) is 1. The van der Waals surface area contributed by atoms with Crippen LogP contribution >= 0.6 is 15.9 Å². The number of benzene rings is 2. The second-order valence-corrected chi connectivity index (χ2v) is 7.84. The van der Waals surface area contributed by atoms with Gasteiger partial charge in [-0.05, 0) is 29.8 Å². The van der Waals surface area contributed by atoms with Crippen molar-refractivity contribution in [3.8, 4) is 5.75 Å². The molecule has 0 aliphatic carbocycles. The van der Waals surface area contributed by atoms with Crippen molar-refractivity contribution in [1.82, 2.24) is 0 Å². The van der Waals surface area contributed by atoms with E-state index in [0.717, 1.165) is 10.0 Å². The lowest BCUT2D eigenvalue weighted by molar-refractivity contribution is -0.277. The summed E-state index contributed by atoms with van der Waals surface area (Å²) in [6.07, 6.45) is -2.79. The summed E-state index contributed by atoms with van der Waals surface area (Å²) in [7, 11) is 0. The summed E-state index contributed by atoms with van der Waals surface area (Å²) in [6, 6.07) is 14.0. The summed E-state index contributed by atoms with van der Waals surface area (Å²) < 4.78 is 11.8. The number of hydrogen-bond acceptors (Lipinski definition) is 7. The third-order valence-corrected chi connectivity index (χ3v) is 5.29. The molecule has 0 radical (unpaired) electrons. The van der Waals surface area contributed by atoms with Gasteiger partial charge in [-0.2, -0.15) is 0 Å². The van der Waals surface area contributed by atoms with Crippen LogP contribution in [0.25, 0.3) is 6.08 Å². The Morgan fingerprint density at radius 2 is 1.67 bits per heavy atom. The third-order valence-electron chi connectivity index (χ3n) is 4.76. The van der Waals surface area contributed by atoms with E-state index in [1.807, 2.05) is 18.2 Å². The van der Waals surface area contributed by atoms with Crippen LogP contribution in [0.3, 0.4) is 0 Å². The van der Waals surface area contributed by atoms with Gasteiger partial charge in [-0.1, -0.05) is 52.3 Å². The summed E-state index contributed by atoms with van der Waals surface area (Å²) in [5, 5.41) is 38.9. The molecule has 30 heavy (non-hydrogen) atoms. The third kappa shape index (κ3) is 5.54. The van der Waals surface area contributed by atoms with Gasteiger partial charge < -0.3 is 29.9 Å². The zero-order valence-electron chi connectivity index (χ0n) is 16.0. The van der Waals surface area contributed by atoms with E-state index in [1.54, 1.807) is 42.5 Å². The molecule has 2 aromatic rings. The van der Waals surface area contributed by atoms with Crippen molar-refractivity contribution in [2.75, 3.05) is 6.61 Å². The van der Waals surface area contributed by atoms with Crippen LogP contribution in [-0.4, -0.2) is 63.5 Å². The van der Waals surface area contributed by atoms with E-state index >= 15 is 0 Å². The Balaban J connectivity index is 1.56. The van der Waals surface area contributed by atoms with Crippen molar-refractivity contribution in [3.05, 3.63) is 70.2 Å². The first-order valence-electron chi connectivity index (χ1n) is 9.41. The van der Waals surface area contributed by atoms with Gasteiger partial charge in [0.05, 0.1) is 6.61 Å². The molecular formula is C22H23BrO7. The summed E-state index contributed by atoms with van der Waals surface area (Å²) in [5.41, 5.74) is 1.49. The van der Waals surface area contributed by atoms with Crippen LogP contribution in [0, 0.1) is 0 Å². The topological polar surface area (TPSA) is 116 Å². The molecule has 0 aromatic heterocycles. The van der Waals surface area contributed by atoms with Crippen molar-refractivity contribution in [3.63, 3.8) is 0 Å². The quantitative estimate of drug-likeness (QED) is 0.449. The zero-order chi connectivity index (χ0) is 21.7. The lowest BCUT2D eigenvalue weighted by Crippen LogP contribution is -2.60. The molecule has 1 aliphatic rings. The van der Waals surface area contributed by atoms with Crippen molar-refractivity contribution < 1.29 is 34.7 Å². The molecule has 0 bridgehead atoms. The van der Waals surface area contributed by atoms with Crippen LogP contribution in [0.1, 0.15) is 22.3 Å². The molecule has 1 aliphatic heterocycles. The average molecular weight is 479 g/mol. The zero-order valence-corrected chi connectivity index (χ0v) is 17.6. The Hall–Kier alpha value is -2.07. The minimum atomic E-state index is -1.49. The lowest BCUT2D eigenvalue weighted by atomic mass is 9.99. The maximum absolute atomic E-state index is 12.2. The summed E-state index contributed by atoms with van der Waals surface area (Å²) in [4.78, 5) is 12.2. The number of rotatable bonds is 7. The predicted octanol–water partition coefficient (Wildman–Crippen LogP) is 1.91. The van der Waals surface area contributed by atoms with Gasteiger partial charge in [-0.15, -0.1) is 0 Å². The van der Waals surface area contributed by atoms with Crippen molar-refractivity contribution in [2.45, 2.75) is 37.1 Å². The minimum absolute atomic E-state index is 0.0151. The smallest absolute Gasteiger partial charge is 0.229 e. The fraction of sp³-hybridized carbons (Fsp3) is 0.318. The predicted molar refractivity (Wildman–Crippen MR) is 113 cm³/mol. The second-order valence-electron chi connectivity index (χ2n) is 6.92. The number of ether oxygens (including phenoxy) is 2. The molecule has 1 saturated heterocycles. The first kappa shape index (κ1) is 22.6. The molecule has 160 valence electrons. The highest BCUT2D eigenvalue weighted by Gasteiger charge is 2.44. The van der Waals surface area contributed by atoms with Gasteiger partial charge in [-0.3, -0.25) is 4.79 Å². The molecule has 0 spiro atoms. The van der Waals surface area contributed by atoms with Gasteiger partial charge in [0.15, 0.2) is 5.78 Å². The first-order chi connectivity index (χ1) is 14.4. The Morgan fingerprint density at radius 1 is 1.00 bits per heavy atom. The van der Waals surface area contributed by atoms with Crippen LogP contribution < -0.4 is 4.74 Å². The number of ketones is 1. The van der Waals surface area contributed by atoms with Crippen LogP contribution in [-0.2, 0) is 4.74 Å². The van der Waals surface area contributed by atoms with E-state index < -0.39 is 37.3 Å². The first-order valence-corrected chi connectivity index (χ1v) is 10.2. The maximum atomic E-state index is 12.2. The summed E-state index contributed by atoms with van der Waals surface area (Å²) in [6.45, 7) is -0.520. The van der Waals surface area contributed by atoms with E-state index in [4.69, 9.17) is 9.47 Å². The maximum Gasteiger partial charge on any atom is 0.229 e. The molecule has 5 atom stereocenters. The normalized spacial score (nSPS) is 26.6. The molecule has 0 amide bonds. The highest BCUT2D eigenvalue weighted by atomic mass is 79.9. The Morgan fingerprint density at radius 3 is 2.30 bits per heavy atom. The fourth-order valence-corrected chi connectivity index (χ4v) is 3.28. The van der Waals surface area contributed by atoms with Gasteiger partial charge >= 0.3 is 0 Å². The highest BCUT2D eigenvalue weighted by Crippen LogP contribution is 2.24. The number of carbonyl (C=O) groups is 1. The van der Waals surface area contributed by atoms with Crippen molar-refractivity contribution >= 4 is 27.8 Å².